The van der Waals surface area contributed by atoms with Gasteiger partial charge in [0.1, 0.15) is 11.8 Å². The first-order valence-electron chi connectivity index (χ1n) is 5.24. The Balaban J connectivity index is 2.35. The molecule has 0 saturated carbocycles. The minimum atomic E-state index is -3.22. The summed E-state index contributed by atoms with van der Waals surface area (Å²) in [4.78, 5) is 0. The summed E-state index contributed by atoms with van der Waals surface area (Å²) in [7, 11) is -3.22. The zero-order valence-electron chi connectivity index (χ0n) is 9.17. The molecule has 0 atom stereocenters. The van der Waals surface area contributed by atoms with E-state index in [4.69, 9.17) is 10.00 Å². The lowest BCUT2D eigenvalue weighted by molar-refractivity contribution is 0.369. The molecule has 1 heterocycles. The van der Waals surface area contributed by atoms with Crippen molar-refractivity contribution in [1.29, 1.82) is 5.26 Å². The van der Waals surface area contributed by atoms with Crippen LogP contribution in [0.1, 0.15) is 6.42 Å². The van der Waals surface area contributed by atoms with Crippen molar-refractivity contribution in [2.45, 2.75) is 6.42 Å². The van der Waals surface area contributed by atoms with Crippen LogP contribution in [0.25, 0.3) is 0 Å². The molecule has 1 aromatic rings. The van der Waals surface area contributed by atoms with Crippen molar-refractivity contribution in [2.75, 3.05) is 23.2 Å². The van der Waals surface area contributed by atoms with Gasteiger partial charge in [0.15, 0.2) is 6.61 Å². The average molecular weight is 252 g/mol. The maximum atomic E-state index is 11.8. The molecular formula is C11H12N2O3S. The number of rotatable bonds is 3. The molecule has 1 aliphatic heterocycles. The maximum absolute atomic E-state index is 11.8. The van der Waals surface area contributed by atoms with E-state index in [2.05, 4.69) is 0 Å². The van der Waals surface area contributed by atoms with Crippen molar-refractivity contribution in [1.82, 2.24) is 0 Å². The van der Waals surface area contributed by atoms with E-state index >= 15 is 0 Å². The number of anilines is 1. The highest BCUT2D eigenvalue weighted by molar-refractivity contribution is 7.93. The Hall–Kier alpha value is -1.74. The lowest BCUT2D eigenvalue weighted by Crippen LogP contribution is -2.25. The van der Waals surface area contributed by atoms with Gasteiger partial charge in [-0.25, -0.2) is 8.42 Å². The molecule has 1 saturated heterocycles. The highest BCUT2D eigenvalue weighted by Crippen LogP contribution is 2.32. The molecular weight excluding hydrogens is 240 g/mol. The van der Waals surface area contributed by atoms with Gasteiger partial charge < -0.3 is 4.74 Å². The number of nitriles is 1. The molecule has 17 heavy (non-hydrogen) atoms. The largest absolute Gasteiger partial charge is 0.477 e. The first-order chi connectivity index (χ1) is 8.15. The number of hydrogen-bond donors (Lipinski definition) is 0. The third-order valence-electron chi connectivity index (χ3n) is 2.53. The molecule has 1 aliphatic rings. The lowest BCUT2D eigenvalue weighted by Gasteiger charge is -2.19. The second kappa shape index (κ2) is 4.63. The zero-order chi connectivity index (χ0) is 12.3. The van der Waals surface area contributed by atoms with Crippen molar-refractivity contribution in [2.24, 2.45) is 0 Å². The molecule has 5 nitrogen and oxygen atoms in total. The minimum Gasteiger partial charge on any atom is -0.477 e. The Morgan fingerprint density at radius 2 is 2.18 bits per heavy atom. The Kier molecular flexibility index (Phi) is 3.20. The fourth-order valence-corrected chi connectivity index (χ4v) is 3.38. The molecule has 2 rings (SSSR count). The van der Waals surface area contributed by atoms with Crippen LogP contribution in [0.2, 0.25) is 0 Å². The van der Waals surface area contributed by atoms with Crippen LogP contribution in [0, 0.1) is 11.3 Å². The van der Waals surface area contributed by atoms with Gasteiger partial charge in [-0.15, -0.1) is 0 Å². The topological polar surface area (TPSA) is 70.4 Å². The number of ether oxygens (including phenoxy) is 1. The van der Waals surface area contributed by atoms with Gasteiger partial charge in [-0.05, 0) is 18.6 Å². The molecule has 0 aliphatic carbocycles. The van der Waals surface area contributed by atoms with E-state index in [9.17, 15) is 8.42 Å². The monoisotopic (exact) mass is 252 g/mol. The number of benzene rings is 1. The van der Waals surface area contributed by atoms with E-state index in [1.54, 1.807) is 24.3 Å². The molecule has 0 bridgehead atoms. The van der Waals surface area contributed by atoms with Crippen molar-refractivity contribution in [3.05, 3.63) is 24.3 Å². The van der Waals surface area contributed by atoms with Gasteiger partial charge in [0.2, 0.25) is 10.0 Å². The van der Waals surface area contributed by atoms with E-state index in [1.165, 1.54) is 4.31 Å². The minimum absolute atomic E-state index is 0.0924. The Morgan fingerprint density at radius 1 is 1.41 bits per heavy atom. The van der Waals surface area contributed by atoms with Gasteiger partial charge in [0, 0.05) is 6.54 Å². The van der Waals surface area contributed by atoms with E-state index in [0.717, 1.165) is 0 Å². The molecule has 0 N–H and O–H groups in total. The number of nitrogens with zero attached hydrogens (tertiary/aromatic N) is 2. The fraction of sp³-hybridized carbons (Fsp3) is 0.364. The highest BCUT2D eigenvalue weighted by Gasteiger charge is 2.30. The SMILES string of the molecule is N#CCOc1ccccc1N1CCCS1(=O)=O. The summed E-state index contributed by atoms with van der Waals surface area (Å²) < 4.78 is 30.2. The van der Waals surface area contributed by atoms with Crippen molar-refractivity contribution in [3.63, 3.8) is 0 Å². The first-order valence-corrected chi connectivity index (χ1v) is 6.85. The Bertz CT molecular complexity index is 548. The van der Waals surface area contributed by atoms with Crippen LogP contribution in [-0.2, 0) is 10.0 Å². The van der Waals surface area contributed by atoms with Crippen molar-refractivity contribution >= 4 is 15.7 Å². The summed E-state index contributed by atoms with van der Waals surface area (Å²) in [5, 5.41) is 8.48. The maximum Gasteiger partial charge on any atom is 0.235 e. The van der Waals surface area contributed by atoms with Crippen LogP contribution in [0.3, 0.4) is 0 Å². The fourth-order valence-electron chi connectivity index (χ4n) is 1.81. The van der Waals surface area contributed by atoms with Gasteiger partial charge in [0.05, 0.1) is 11.4 Å². The smallest absolute Gasteiger partial charge is 0.235 e. The Labute approximate surface area is 100 Å². The van der Waals surface area contributed by atoms with Crippen LogP contribution in [0.15, 0.2) is 24.3 Å². The van der Waals surface area contributed by atoms with Crippen LogP contribution in [-0.4, -0.2) is 27.3 Å². The Morgan fingerprint density at radius 3 is 2.82 bits per heavy atom. The molecule has 90 valence electrons. The van der Waals surface area contributed by atoms with Crippen LogP contribution < -0.4 is 9.04 Å². The normalized spacial score (nSPS) is 17.7. The summed E-state index contributed by atoms with van der Waals surface area (Å²) in [6.07, 6.45) is 0.620. The molecule has 6 heteroatoms. The van der Waals surface area contributed by atoms with Gasteiger partial charge >= 0.3 is 0 Å². The van der Waals surface area contributed by atoms with E-state index in [1.807, 2.05) is 6.07 Å². The van der Waals surface area contributed by atoms with Crippen LogP contribution >= 0.6 is 0 Å². The van der Waals surface area contributed by atoms with E-state index < -0.39 is 10.0 Å². The molecule has 1 fully saturated rings. The molecule has 0 spiro atoms. The predicted molar refractivity (Wildman–Crippen MR) is 63.3 cm³/mol. The summed E-state index contributed by atoms with van der Waals surface area (Å²) in [6.45, 7) is 0.375. The summed E-state index contributed by atoms with van der Waals surface area (Å²) in [6, 6.07) is 8.72. The van der Waals surface area contributed by atoms with Gasteiger partial charge in [-0.3, -0.25) is 4.31 Å². The third kappa shape index (κ3) is 2.34. The van der Waals surface area contributed by atoms with Crippen molar-refractivity contribution in [3.8, 4) is 11.8 Å². The molecule has 1 aromatic carbocycles. The molecule has 0 radical (unpaired) electrons. The van der Waals surface area contributed by atoms with Crippen LogP contribution in [0.4, 0.5) is 5.69 Å². The predicted octanol–water partition coefficient (Wildman–Crippen LogP) is 1.13. The molecule has 0 unspecified atom stereocenters. The summed E-state index contributed by atoms with van der Waals surface area (Å²) in [5.74, 6) is 0.596. The summed E-state index contributed by atoms with van der Waals surface area (Å²) >= 11 is 0. The number of hydrogen-bond acceptors (Lipinski definition) is 4. The molecule has 0 aromatic heterocycles. The first kappa shape index (κ1) is 11.7. The number of para-hydroxylation sites is 2. The second-order valence-electron chi connectivity index (χ2n) is 3.66. The van der Waals surface area contributed by atoms with E-state index in [0.29, 0.717) is 24.4 Å². The second-order valence-corrected chi connectivity index (χ2v) is 5.67. The summed E-state index contributed by atoms with van der Waals surface area (Å²) in [5.41, 5.74) is 0.514. The quantitative estimate of drug-likeness (QED) is 0.808. The standard InChI is InChI=1S/C11H12N2O3S/c12-6-8-16-11-5-2-1-4-10(11)13-7-3-9-17(13,14)15/h1-2,4-5H,3,7-9H2. The van der Waals surface area contributed by atoms with Gasteiger partial charge in [-0.2, -0.15) is 5.26 Å². The molecule has 0 amide bonds. The van der Waals surface area contributed by atoms with Gasteiger partial charge in [-0.1, -0.05) is 12.1 Å². The van der Waals surface area contributed by atoms with Crippen molar-refractivity contribution < 1.29 is 13.2 Å². The third-order valence-corrected chi connectivity index (χ3v) is 4.38. The lowest BCUT2D eigenvalue weighted by atomic mass is 10.3. The number of sulfonamides is 1. The highest BCUT2D eigenvalue weighted by atomic mass is 32.2. The average Bonchev–Trinajstić information content (AvgIpc) is 2.66. The van der Waals surface area contributed by atoms with Crippen LogP contribution in [0.5, 0.6) is 5.75 Å². The van der Waals surface area contributed by atoms with Gasteiger partial charge in [0.25, 0.3) is 0 Å². The van der Waals surface area contributed by atoms with E-state index in [-0.39, 0.29) is 12.4 Å². The zero-order valence-corrected chi connectivity index (χ0v) is 9.98.